The number of nitrogens with zero attached hydrogens (tertiary/aromatic N) is 5. The molecule has 1 aromatic carbocycles. The van der Waals surface area contributed by atoms with Crippen LogP contribution in [-0.4, -0.2) is 88.9 Å². The molecule has 2 aromatic rings. The van der Waals surface area contributed by atoms with Gasteiger partial charge in [0.1, 0.15) is 11.6 Å². The van der Waals surface area contributed by atoms with E-state index in [0.29, 0.717) is 61.2 Å². The molecule has 1 N–H and O–H groups in total. The Morgan fingerprint density at radius 2 is 1.81 bits per heavy atom. The molecule has 236 valence electrons. The van der Waals surface area contributed by atoms with E-state index in [1.54, 1.807) is 50.8 Å². The molecule has 43 heavy (non-hydrogen) atoms. The number of ether oxygens (including phenoxy) is 2. The van der Waals surface area contributed by atoms with Crippen LogP contribution in [-0.2, 0) is 9.53 Å². The molecule has 0 unspecified atom stereocenters. The van der Waals surface area contributed by atoms with Crippen molar-refractivity contribution in [2.75, 3.05) is 49.5 Å². The topological polar surface area (TPSA) is 100 Å². The fourth-order valence-electron chi connectivity index (χ4n) is 4.92. The molecule has 0 saturated carbocycles. The maximum Gasteiger partial charge on any atom is 0.422 e. The molecule has 2 atom stereocenters. The molecule has 2 fully saturated rings. The number of benzene rings is 1. The fraction of sp³-hybridized carbons (Fsp3) is 0.571. The summed E-state index contributed by atoms with van der Waals surface area (Å²) < 4.78 is 49.3. The molecule has 0 radical (unpaired) electrons. The van der Waals surface area contributed by atoms with E-state index >= 15 is 0 Å². The Labute approximate surface area is 258 Å². The lowest BCUT2D eigenvalue weighted by Crippen LogP contribution is -2.55. The van der Waals surface area contributed by atoms with Crippen molar-refractivity contribution in [3.05, 3.63) is 40.0 Å². The van der Waals surface area contributed by atoms with Crippen LogP contribution in [0.2, 0.25) is 10.0 Å². The molecule has 15 heteroatoms. The van der Waals surface area contributed by atoms with Gasteiger partial charge in [-0.2, -0.15) is 18.2 Å². The molecule has 2 aliphatic rings. The van der Waals surface area contributed by atoms with Gasteiger partial charge in [-0.15, -0.1) is 0 Å². The van der Waals surface area contributed by atoms with Gasteiger partial charge >= 0.3 is 12.3 Å². The Kier molecular flexibility index (Phi) is 10.1. The van der Waals surface area contributed by atoms with Gasteiger partial charge in [0.15, 0.2) is 18.2 Å². The summed E-state index contributed by atoms with van der Waals surface area (Å²) in [6.45, 7) is 7.53. The molecule has 0 spiro atoms. The van der Waals surface area contributed by atoms with E-state index in [1.165, 1.54) is 11.1 Å². The molecule has 2 saturated heterocycles. The van der Waals surface area contributed by atoms with Crippen LogP contribution in [0.1, 0.15) is 52.1 Å². The van der Waals surface area contributed by atoms with E-state index in [1.807, 2.05) is 4.90 Å². The van der Waals surface area contributed by atoms with Crippen molar-refractivity contribution in [3.63, 3.8) is 0 Å². The van der Waals surface area contributed by atoms with Crippen molar-refractivity contribution >= 4 is 47.0 Å². The first kappa shape index (κ1) is 32.7. The summed E-state index contributed by atoms with van der Waals surface area (Å²) in [5, 5.41) is 3.92. The Morgan fingerprint density at radius 3 is 2.44 bits per heavy atom. The van der Waals surface area contributed by atoms with Gasteiger partial charge in [0.2, 0.25) is 11.9 Å². The SMILES string of the molecule is C[C@@H](Nc1nc(N2CCN(C(=O)[C@H]3CCCN3C(=O)OC(C)(C)C)CC2)ncc1OCC(F)(F)F)c1ccc(Cl)cc1Cl. The normalized spacial score (nSPS) is 18.4. The van der Waals surface area contributed by atoms with E-state index < -0.39 is 36.6 Å². The summed E-state index contributed by atoms with van der Waals surface area (Å²) in [7, 11) is 0. The van der Waals surface area contributed by atoms with E-state index in [9.17, 15) is 22.8 Å². The molecular formula is C28H35Cl2F3N6O4. The number of alkyl halides is 3. The Bertz CT molecular complexity index is 1320. The molecule has 0 bridgehead atoms. The first-order valence-corrected chi connectivity index (χ1v) is 14.7. The first-order chi connectivity index (χ1) is 20.1. The van der Waals surface area contributed by atoms with Gasteiger partial charge in [0.05, 0.1) is 12.2 Å². The van der Waals surface area contributed by atoms with Crippen LogP contribution < -0.4 is 15.0 Å². The van der Waals surface area contributed by atoms with Crippen molar-refractivity contribution < 1.29 is 32.2 Å². The highest BCUT2D eigenvalue weighted by molar-refractivity contribution is 6.35. The Morgan fingerprint density at radius 1 is 1.12 bits per heavy atom. The molecule has 0 aliphatic carbocycles. The molecule has 4 rings (SSSR count). The number of anilines is 2. The lowest BCUT2D eigenvalue weighted by molar-refractivity contribution is -0.153. The second-order valence-corrected chi connectivity index (χ2v) is 12.3. The van der Waals surface area contributed by atoms with Gasteiger partial charge in [0, 0.05) is 42.8 Å². The maximum atomic E-state index is 13.4. The summed E-state index contributed by atoms with van der Waals surface area (Å²) in [6, 6.07) is 3.90. The van der Waals surface area contributed by atoms with Crippen LogP contribution in [0.25, 0.3) is 0 Å². The first-order valence-electron chi connectivity index (χ1n) is 13.9. The van der Waals surface area contributed by atoms with Gasteiger partial charge in [0.25, 0.3) is 0 Å². The lowest BCUT2D eigenvalue weighted by atomic mass is 10.1. The van der Waals surface area contributed by atoms with Gasteiger partial charge in [-0.1, -0.05) is 29.3 Å². The number of piperazine rings is 1. The zero-order chi connectivity index (χ0) is 31.5. The summed E-state index contributed by atoms with van der Waals surface area (Å²) >= 11 is 12.3. The Balaban J connectivity index is 1.46. The summed E-state index contributed by atoms with van der Waals surface area (Å²) in [5.41, 5.74) is -0.00816. The molecular weight excluding hydrogens is 612 g/mol. The zero-order valence-corrected chi connectivity index (χ0v) is 25.9. The van der Waals surface area contributed by atoms with Crippen molar-refractivity contribution in [2.24, 2.45) is 0 Å². The van der Waals surface area contributed by atoms with Crippen LogP contribution in [0, 0.1) is 0 Å². The third-order valence-electron chi connectivity index (χ3n) is 6.96. The minimum atomic E-state index is -4.55. The second kappa shape index (κ2) is 13.2. The lowest BCUT2D eigenvalue weighted by Gasteiger charge is -2.37. The van der Waals surface area contributed by atoms with Gasteiger partial charge in [-0.25, -0.2) is 9.78 Å². The molecule has 3 heterocycles. The number of rotatable bonds is 7. The predicted octanol–water partition coefficient (Wildman–Crippen LogP) is 5.95. The largest absolute Gasteiger partial charge is 0.479 e. The van der Waals surface area contributed by atoms with Crippen LogP contribution in [0.4, 0.5) is 29.7 Å². The predicted molar refractivity (Wildman–Crippen MR) is 157 cm³/mol. The van der Waals surface area contributed by atoms with Crippen molar-refractivity contribution in [3.8, 4) is 5.75 Å². The summed E-state index contributed by atoms with van der Waals surface area (Å²) in [4.78, 5) is 39.8. The van der Waals surface area contributed by atoms with E-state index in [0.717, 1.165) is 0 Å². The average Bonchev–Trinajstić information content (AvgIpc) is 3.41. The highest BCUT2D eigenvalue weighted by atomic mass is 35.5. The number of hydrogen-bond acceptors (Lipinski definition) is 8. The van der Waals surface area contributed by atoms with Crippen molar-refractivity contribution in [1.29, 1.82) is 0 Å². The van der Waals surface area contributed by atoms with E-state index in [2.05, 4.69) is 15.3 Å². The summed E-state index contributed by atoms with van der Waals surface area (Å²) in [5.74, 6) is 0.0102. The number of carbonyl (C=O) groups excluding carboxylic acids is 2. The van der Waals surface area contributed by atoms with Crippen LogP contribution in [0.15, 0.2) is 24.4 Å². The smallest absolute Gasteiger partial charge is 0.422 e. The molecule has 2 aliphatic heterocycles. The maximum absolute atomic E-state index is 13.4. The minimum Gasteiger partial charge on any atom is -0.479 e. The highest BCUT2D eigenvalue weighted by Crippen LogP contribution is 2.33. The highest BCUT2D eigenvalue weighted by Gasteiger charge is 2.39. The molecule has 2 amide bonds. The number of carbonyl (C=O) groups is 2. The van der Waals surface area contributed by atoms with Gasteiger partial charge in [-0.3, -0.25) is 9.69 Å². The van der Waals surface area contributed by atoms with Crippen molar-refractivity contribution in [2.45, 2.75) is 64.4 Å². The third kappa shape index (κ3) is 8.69. The van der Waals surface area contributed by atoms with Gasteiger partial charge in [-0.05, 0) is 58.2 Å². The van der Waals surface area contributed by atoms with Crippen LogP contribution >= 0.6 is 23.2 Å². The zero-order valence-electron chi connectivity index (χ0n) is 24.4. The quantitative estimate of drug-likeness (QED) is 0.394. The van der Waals surface area contributed by atoms with Crippen LogP contribution in [0.3, 0.4) is 0 Å². The monoisotopic (exact) mass is 646 g/mol. The number of nitrogens with one attached hydrogen (secondary N) is 1. The minimum absolute atomic E-state index is 0.0604. The number of hydrogen-bond donors (Lipinski definition) is 1. The Hall–Kier alpha value is -3.19. The van der Waals surface area contributed by atoms with Crippen LogP contribution in [0.5, 0.6) is 5.75 Å². The number of aromatic nitrogens is 2. The van der Waals surface area contributed by atoms with Crippen molar-refractivity contribution in [1.82, 2.24) is 19.8 Å². The standard InChI is InChI=1S/C28H35Cl2F3N6O4/c1-17(19-8-7-18(29)14-20(19)30)35-23-22(42-16-28(31,32)33)15-34-25(36-23)38-12-10-37(11-13-38)24(40)21-6-5-9-39(21)26(41)43-27(2,3)4/h7-8,14-15,17,21H,5-6,9-13,16H2,1-4H3,(H,34,35,36)/t17-,21-/m1/s1. The van der Waals surface area contributed by atoms with E-state index in [-0.39, 0.29) is 23.4 Å². The van der Waals surface area contributed by atoms with E-state index in [4.69, 9.17) is 32.7 Å². The number of amides is 2. The number of halogens is 5. The molecule has 10 nitrogen and oxygen atoms in total. The second-order valence-electron chi connectivity index (χ2n) is 11.5. The summed E-state index contributed by atoms with van der Waals surface area (Å²) in [6.07, 6.45) is -2.59. The average molecular weight is 648 g/mol. The fourth-order valence-corrected chi connectivity index (χ4v) is 5.49. The third-order valence-corrected chi connectivity index (χ3v) is 7.52. The molecule has 1 aromatic heterocycles. The van der Waals surface area contributed by atoms with Gasteiger partial charge < -0.3 is 24.6 Å². The number of likely N-dealkylation sites (tertiary alicyclic amines) is 1.